The second-order valence-electron chi connectivity index (χ2n) is 4.61. The van der Waals surface area contributed by atoms with Crippen molar-refractivity contribution in [2.75, 3.05) is 7.11 Å². The van der Waals surface area contributed by atoms with E-state index in [4.69, 9.17) is 10.5 Å². The summed E-state index contributed by atoms with van der Waals surface area (Å²) in [4.78, 5) is 4.58. The maximum atomic E-state index is 6.04. The molecule has 1 heterocycles. The molecule has 0 aliphatic rings. The number of nitrogens with zero attached hydrogens (tertiary/aromatic N) is 1. The van der Waals surface area contributed by atoms with Gasteiger partial charge in [-0.05, 0) is 48.0 Å². The summed E-state index contributed by atoms with van der Waals surface area (Å²) in [7, 11) is 1.65. The number of benzene rings is 1. The number of hydrogen-bond donors (Lipinski definition) is 1. The average Bonchev–Trinajstić information content (AvgIpc) is 2.77. The monoisotopic (exact) mass is 326 g/mol. The molecule has 0 spiro atoms. The molecule has 96 valence electrons. The Morgan fingerprint density at radius 2 is 2.11 bits per heavy atom. The molecular formula is C13H15BrN2OS. The van der Waals surface area contributed by atoms with Crippen LogP contribution in [-0.4, -0.2) is 12.1 Å². The van der Waals surface area contributed by atoms with Crippen LogP contribution >= 0.6 is 27.3 Å². The van der Waals surface area contributed by atoms with Gasteiger partial charge in [0.25, 0.3) is 0 Å². The van der Waals surface area contributed by atoms with E-state index in [0.717, 1.165) is 26.5 Å². The van der Waals surface area contributed by atoms with E-state index in [1.54, 1.807) is 18.4 Å². The number of rotatable bonds is 3. The Balaban J connectivity index is 2.38. The Hall–Kier alpha value is -0.910. The molecule has 0 saturated heterocycles. The zero-order valence-corrected chi connectivity index (χ0v) is 12.9. The molecule has 0 aliphatic carbocycles. The lowest BCUT2D eigenvalue weighted by atomic mass is 10.1. The Morgan fingerprint density at radius 3 is 2.61 bits per heavy atom. The van der Waals surface area contributed by atoms with Crippen LogP contribution in [0.4, 0.5) is 0 Å². The highest BCUT2D eigenvalue weighted by Gasteiger charge is 2.19. The van der Waals surface area contributed by atoms with E-state index in [-0.39, 0.29) is 0 Å². The van der Waals surface area contributed by atoms with Crippen molar-refractivity contribution < 1.29 is 4.74 Å². The minimum absolute atomic E-state index is 0.396. The molecule has 0 radical (unpaired) electrons. The summed E-state index contributed by atoms with van der Waals surface area (Å²) in [5, 5.41) is 2.96. The Kier molecular flexibility index (Phi) is 3.75. The summed E-state index contributed by atoms with van der Waals surface area (Å²) in [5.41, 5.74) is 7.64. The fourth-order valence-electron chi connectivity index (χ4n) is 1.53. The van der Waals surface area contributed by atoms with Gasteiger partial charge in [0, 0.05) is 10.9 Å². The Bertz CT molecular complexity index is 560. The molecule has 0 saturated carbocycles. The van der Waals surface area contributed by atoms with Gasteiger partial charge >= 0.3 is 0 Å². The fraction of sp³-hybridized carbons (Fsp3) is 0.308. The molecule has 2 N–H and O–H groups in total. The Labute approximate surface area is 119 Å². The van der Waals surface area contributed by atoms with Crippen LogP contribution in [-0.2, 0) is 5.54 Å². The minimum Gasteiger partial charge on any atom is -0.496 e. The fourth-order valence-corrected chi connectivity index (χ4v) is 2.94. The van der Waals surface area contributed by atoms with Gasteiger partial charge in [-0.2, -0.15) is 0 Å². The minimum atomic E-state index is -0.396. The molecule has 0 aliphatic heterocycles. The van der Waals surface area contributed by atoms with Gasteiger partial charge in [-0.25, -0.2) is 4.98 Å². The normalized spacial score (nSPS) is 11.6. The lowest BCUT2D eigenvalue weighted by Crippen LogP contribution is -2.28. The highest BCUT2D eigenvalue weighted by Crippen LogP contribution is 2.32. The van der Waals surface area contributed by atoms with Crippen LogP contribution in [0.2, 0.25) is 0 Å². The first-order valence-electron chi connectivity index (χ1n) is 5.50. The first kappa shape index (κ1) is 13.5. The summed E-state index contributed by atoms with van der Waals surface area (Å²) in [5.74, 6) is 0.813. The molecule has 0 atom stereocenters. The molecule has 5 heteroatoms. The van der Waals surface area contributed by atoms with Crippen LogP contribution in [0.1, 0.15) is 18.9 Å². The van der Waals surface area contributed by atoms with E-state index in [0.29, 0.717) is 0 Å². The summed E-state index contributed by atoms with van der Waals surface area (Å²) in [6.45, 7) is 3.92. The molecule has 1 aromatic heterocycles. The quantitative estimate of drug-likeness (QED) is 0.933. The molecule has 18 heavy (non-hydrogen) atoms. The third kappa shape index (κ3) is 2.74. The van der Waals surface area contributed by atoms with Gasteiger partial charge in [-0.3, -0.25) is 0 Å². The molecule has 0 bridgehead atoms. The standard InChI is InChI=1S/C13H15BrN2OS/c1-13(2,15)12-16-10(7-18-12)8-4-5-11(17-3)9(14)6-8/h4-7H,15H2,1-3H3. The van der Waals surface area contributed by atoms with Crippen LogP contribution in [0.15, 0.2) is 28.1 Å². The van der Waals surface area contributed by atoms with Crippen molar-refractivity contribution in [3.63, 3.8) is 0 Å². The summed E-state index contributed by atoms with van der Waals surface area (Å²) in [6.07, 6.45) is 0. The van der Waals surface area contributed by atoms with Crippen LogP contribution in [0.25, 0.3) is 11.3 Å². The molecular weight excluding hydrogens is 312 g/mol. The largest absolute Gasteiger partial charge is 0.496 e. The maximum Gasteiger partial charge on any atom is 0.133 e. The predicted octanol–water partition coefficient (Wildman–Crippen LogP) is 3.78. The van der Waals surface area contributed by atoms with Crippen molar-refractivity contribution in [1.29, 1.82) is 0 Å². The average molecular weight is 327 g/mol. The number of methoxy groups -OCH3 is 1. The number of hydrogen-bond acceptors (Lipinski definition) is 4. The van der Waals surface area contributed by atoms with Gasteiger partial charge in [-0.15, -0.1) is 11.3 Å². The van der Waals surface area contributed by atoms with Gasteiger partial charge in [0.05, 0.1) is 22.8 Å². The number of nitrogens with two attached hydrogens (primary N) is 1. The number of ether oxygens (including phenoxy) is 1. The van der Waals surface area contributed by atoms with E-state index < -0.39 is 5.54 Å². The molecule has 0 unspecified atom stereocenters. The van der Waals surface area contributed by atoms with Crippen LogP contribution < -0.4 is 10.5 Å². The highest BCUT2D eigenvalue weighted by atomic mass is 79.9. The zero-order chi connectivity index (χ0) is 13.3. The molecule has 0 amide bonds. The smallest absolute Gasteiger partial charge is 0.133 e. The van der Waals surface area contributed by atoms with Crippen molar-refractivity contribution in [2.24, 2.45) is 5.73 Å². The molecule has 1 aromatic carbocycles. The second kappa shape index (κ2) is 4.99. The number of halogens is 1. The van der Waals surface area contributed by atoms with E-state index in [1.165, 1.54) is 0 Å². The van der Waals surface area contributed by atoms with Gasteiger partial charge in [0.2, 0.25) is 0 Å². The summed E-state index contributed by atoms with van der Waals surface area (Å²) >= 11 is 5.06. The Morgan fingerprint density at radius 1 is 1.39 bits per heavy atom. The second-order valence-corrected chi connectivity index (χ2v) is 6.32. The van der Waals surface area contributed by atoms with E-state index >= 15 is 0 Å². The van der Waals surface area contributed by atoms with Crippen molar-refractivity contribution in [3.05, 3.63) is 33.1 Å². The molecule has 0 fully saturated rings. The van der Waals surface area contributed by atoms with E-state index in [2.05, 4.69) is 20.9 Å². The van der Waals surface area contributed by atoms with Crippen molar-refractivity contribution in [3.8, 4) is 17.0 Å². The first-order chi connectivity index (χ1) is 8.41. The molecule has 2 aromatic rings. The topological polar surface area (TPSA) is 48.1 Å². The van der Waals surface area contributed by atoms with E-state index in [1.807, 2.05) is 37.4 Å². The summed E-state index contributed by atoms with van der Waals surface area (Å²) < 4.78 is 6.13. The van der Waals surface area contributed by atoms with E-state index in [9.17, 15) is 0 Å². The van der Waals surface area contributed by atoms with Crippen LogP contribution in [0.5, 0.6) is 5.75 Å². The maximum absolute atomic E-state index is 6.04. The van der Waals surface area contributed by atoms with Gasteiger partial charge < -0.3 is 10.5 Å². The van der Waals surface area contributed by atoms with Crippen LogP contribution in [0.3, 0.4) is 0 Å². The third-order valence-corrected chi connectivity index (χ3v) is 4.30. The zero-order valence-electron chi connectivity index (χ0n) is 10.5. The van der Waals surface area contributed by atoms with Gasteiger partial charge in [-0.1, -0.05) is 0 Å². The SMILES string of the molecule is COc1ccc(-c2csc(C(C)(C)N)n2)cc1Br. The lowest BCUT2D eigenvalue weighted by Gasteiger charge is -2.13. The summed E-state index contributed by atoms with van der Waals surface area (Å²) in [6, 6.07) is 5.92. The third-order valence-electron chi connectivity index (χ3n) is 2.50. The number of aromatic nitrogens is 1. The highest BCUT2D eigenvalue weighted by molar-refractivity contribution is 9.10. The van der Waals surface area contributed by atoms with Gasteiger partial charge in [0.15, 0.2) is 0 Å². The first-order valence-corrected chi connectivity index (χ1v) is 7.18. The van der Waals surface area contributed by atoms with Crippen molar-refractivity contribution in [2.45, 2.75) is 19.4 Å². The lowest BCUT2D eigenvalue weighted by molar-refractivity contribution is 0.412. The predicted molar refractivity (Wildman–Crippen MR) is 79.0 cm³/mol. The molecule has 3 nitrogen and oxygen atoms in total. The van der Waals surface area contributed by atoms with Crippen LogP contribution in [0, 0.1) is 0 Å². The number of thiazole rings is 1. The molecule has 2 rings (SSSR count). The van der Waals surface area contributed by atoms with Crippen molar-refractivity contribution >= 4 is 27.3 Å². The van der Waals surface area contributed by atoms with Crippen molar-refractivity contribution in [1.82, 2.24) is 4.98 Å². The van der Waals surface area contributed by atoms with Gasteiger partial charge in [0.1, 0.15) is 10.8 Å².